The third kappa shape index (κ3) is 5.29. The average Bonchev–Trinajstić information content (AvgIpc) is 2.76. The van der Waals surface area contributed by atoms with E-state index in [1.807, 2.05) is 0 Å². The molecular weight excluding hydrogens is 428 g/mol. The van der Waals surface area contributed by atoms with Crippen LogP contribution in [-0.2, 0) is 14.8 Å². The van der Waals surface area contributed by atoms with Gasteiger partial charge < -0.3 is 14.6 Å². The average molecular weight is 450 g/mol. The molecular formula is C19H22N4O7S. The van der Waals surface area contributed by atoms with Crippen LogP contribution in [0.4, 0.5) is 11.4 Å². The molecule has 0 amide bonds. The van der Waals surface area contributed by atoms with E-state index in [-0.39, 0.29) is 54.1 Å². The van der Waals surface area contributed by atoms with Crippen molar-refractivity contribution in [1.29, 1.82) is 0 Å². The maximum atomic E-state index is 13.1. The van der Waals surface area contributed by atoms with Crippen molar-refractivity contribution in [2.75, 3.05) is 38.3 Å². The summed E-state index contributed by atoms with van der Waals surface area (Å²) in [6.07, 6.45) is 1.41. The summed E-state index contributed by atoms with van der Waals surface area (Å²) in [5.74, 6) is 0.276. The topological polar surface area (TPSA) is 144 Å². The number of phenols is 1. The van der Waals surface area contributed by atoms with Gasteiger partial charge in [0.2, 0.25) is 10.0 Å². The molecule has 0 radical (unpaired) electrons. The van der Waals surface area contributed by atoms with Crippen LogP contribution in [-0.4, -0.2) is 61.9 Å². The van der Waals surface area contributed by atoms with Crippen LogP contribution in [0.2, 0.25) is 0 Å². The van der Waals surface area contributed by atoms with Crippen LogP contribution < -0.4 is 10.2 Å². The fraction of sp³-hybridized carbons (Fsp3) is 0.316. The Labute approximate surface area is 179 Å². The monoisotopic (exact) mass is 450 g/mol. The summed E-state index contributed by atoms with van der Waals surface area (Å²) in [5, 5.41) is 25.0. The molecule has 0 spiro atoms. The number of sulfonamides is 1. The fourth-order valence-electron chi connectivity index (χ4n) is 2.91. The zero-order chi connectivity index (χ0) is 22.4. The number of anilines is 1. The van der Waals surface area contributed by atoms with E-state index >= 15 is 0 Å². The summed E-state index contributed by atoms with van der Waals surface area (Å²) < 4.78 is 37.9. The highest BCUT2D eigenvalue weighted by Gasteiger charge is 2.30. The number of hydrazone groups is 1. The van der Waals surface area contributed by atoms with Gasteiger partial charge in [-0.2, -0.15) is 9.41 Å². The Hall–Kier alpha value is -3.22. The van der Waals surface area contributed by atoms with Crippen LogP contribution in [0.25, 0.3) is 0 Å². The molecule has 0 aromatic heterocycles. The lowest BCUT2D eigenvalue weighted by molar-refractivity contribution is -0.385. The minimum atomic E-state index is -4.00. The van der Waals surface area contributed by atoms with E-state index in [4.69, 9.17) is 9.47 Å². The third-order valence-electron chi connectivity index (χ3n) is 4.45. The highest BCUT2D eigenvalue weighted by molar-refractivity contribution is 7.89. The van der Waals surface area contributed by atoms with E-state index in [0.717, 1.165) is 6.07 Å². The summed E-state index contributed by atoms with van der Waals surface area (Å²) in [7, 11) is -4.00. The van der Waals surface area contributed by atoms with Gasteiger partial charge in [0.05, 0.1) is 36.6 Å². The Kier molecular flexibility index (Phi) is 7.05. The van der Waals surface area contributed by atoms with E-state index < -0.39 is 14.9 Å². The molecule has 0 saturated carbocycles. The van der Waals surface area contributed by atoms with Crippen molar-refractivity contribution in [3.63, 3.8) is 0 Å². The lowest BCUT2D eigenvalue weighted by atomic mass is 10.2. The second-order valence-electron chi connectivity index (χ2n) is 6.48. The van der Waals surface area contributed by atoms with Crippen molar-refractivity contribution in [3.05, 3.63) is 52.1 Å². The number of ether oxygens (including phenoxy) is 2. The van der Waals surface area contributed by atoms with Crippen molar-refractivity contribution in [2.45, 2.75) is 11.8 Å². The number of aromatic hydroxyl groups is 1. The van der Waals surface area contributed by atoms with Gasteiger partial charge in [0.1, 0.15) is 4.90 Å². The highest BCUT2D eigenvalue weighted by atomic mass is 32.2. The normalized spacial score (nSPS) is 15.1. The largest absolute Gasteiger partial charge is 0.504 e. The Balaban J connectivity index is 1.89. The first kappa shape index (κ1) is 22.5. The van der Waals surface area contributed by atoms with Gasteiger partial charge in [-0.3, -0.25) is 15.5 Å². The number of morpholine rings is 1. The molecule has 2 aromatic carbocycles. The smallest absolute Gasteiger partial charge is 0.270 e. The maximum Gasteiger partial charge on any atom is 0.270 e. The van der Waals surface area contributed by atoms with Crippen molar-refractivity contribution in [3.8, 4) is 11.5 Å². The summed E-state index contributed by atoms with van der Waals surface area (Å²) in [6.45, 7) is 2.96. The molecule has 3 rings (SSSR count). The summed E-state index contributed by atoms with van der Waals surface area (Å²) in [4.78, 5) is 10.3. The van der Waals surface area contributed by atoms with Crippen molar-refractivity contribution in [2.24, 2.45) is 5.10 Å². The van der Waals surface area contributed by atoms with Gasteiger partial charge >= 0.3 is 0 Å². The Morgan fingerprint density at radius 1 is 1.29 bits per heavy atom. The number of nitro groups is 1. The molecule has 12 heteroatoms. The van der Waals surface area contributed by atoms with Gasteiger partial charge in [-0.05, 0) is 36.8 Å². The van der Waals surface area contributed by atoms with E-state index in [2.05, 4.69) is 10.5 Å². The van der Waals surface area contributed by atoms with E-state index in [0.29, 0.717) is 12.2 Å². The Morgan fingerprint density at radius 3 is 2.71 bits per heavy atom. The van der Waals surface area contributed by atoms with Gasteiger partial charge in [0.15, 0.2) is 11.5 Å². The van der Waals surface area contributed by atoms with Gasteiger partial charge in [0, 0.05) is 25.2 Å². The highest BCUT2D eigenvalue weighted by Crippen LogP contribution is 2.30. The van der Waals surface area contributed by atoms with Gasteiger partial charge in [-0.15, -0.1) is 0 Å². The van der Waals surface area contributed by atoms with Crippen molar-refractivity contribution in [1.82, 2.24) is 4.31 Å². The van der Waals surface area contributed by atoms with Crippen LogP contribution in [0.5, 0.6) is 11.5 Å². The Morgan fingerprint density at radius 2 is 2.03 bits per heavy atom. The quantitative estimate of drug-likeness (QED) is 0.354. The molecule has 1 saturated heterocycles. The van der Waals surface area contributed by atoms with Crippen molar-refractivity contribution >= 4 is 27.6 Å². The number of nitro benzene ring substituents is 1. The number of hydrogen-bond donors (Lipinski definition) is 2. The lowest BCUT2D eigenvalue weighted by Crippen LogP contribution is -2.40. The molecule has 2 aromatic rings. The van der Waals surface area contributed by atoms with Crippen LogP contribution in [0, 0.1) is 10.1 Å². The third-order valence-corrected chi connectivity index (χ3v) is 6.38. The SMILES string of the molecule is CCOc1cc(C=NNc2ccc([N+](=O)[O-])cc2S(=O)(=O)N2CCOCC2)ccc1O. The molecule has 0 atom stereocenters. The van der Waals surface area contributed by atoms with Crippen molar-refractivity contribution < 1.29 is 27.9 Å². The predicted octanol–water partition coefficient (Wildman–Crippen LogP) is 2.17. The molecule has 1 aliphatic rings. The molecule has 0 unspecified atom stereocenters. The minimum Gasteiger partial charge on any atom is -0.504 e. The number of phenolic OH excluding ortho intramolecular Hbond substituents is 1. The number of hydrogen-bond acceptors (Lipinski definition) is 9. The van der Waals surface area contributed by atoms with Gasteiger partial charge in [0.25, 0.3) is 5.69 Å². The molecule has 1 fully saturated rings. The molecule has 0 bridgehead atoms. The van der Waals surface area contributed by atoms with Crippen LogP contribution in [0.1, 0.15) is 12.5 Å². The van der Waals surface area contributed by atoms with Crippen LogP contribution >= 0.6 is 0 Å². The summed E-state index contributed by atoms with van der Waals surface area (Å²) in [5.41, 5.74) is 2.99. The Bertz CT molecular complexity index is 1080. The molecule has 11 nitrogen and oxygen atoms in total. The fourth-order valence-corrected chi connectivity index (χ4v) is 4.48. The molecule has 2 N–H and O–H groups in total. The second-order valence-corrected chi connectivity index (χ2v) is 8.39. The summed E-state index contributed by atoms with van der Waals surface area (Å²) in [6, 6.07) is 8.13. The first-order valence-electron chi connectivity index (χ1n) is 9.44. The number of benzene rings is 2. The summed E-state index contributed by atoms with van der Waals surface area (Å²) >= 11 is 0. The minimum absolute atomic E-state index is 0.0128. The zero-order valence-electron chi connectivity index (χ0n) is 16.7. The lowest BCUT2D eigenvalue weighted by Gasteiger charge is -2.26. The number of rotatable bonds is 8. The molecule has 31 heavy (non-hydrogen) atoms. The zero-order valence-corrected chi connectivity index (χ0v) is 17.5. The predicted molar refractivity (Wildman–Crippen MR) is 113 cm³/mol. The van der Waals surface area contributed by atoms with Crippen LogP contribution in [0.3, 0.4) is 0 Å². The molecule has 0 aliphatic carbocycles. The standard InChI is InChI=1S/C19H22N4O7S/c1-2-30-18-11-14(3-6-17(18)24)13-20-21-16-5-4-15(23(25)26)12-19(16)31(27,28)22-7-9-29-10-8-22/h3-6,11-13,21,24H,2,7-10H2,1H3. The van der Waals surface area contributed by atoms with E-state index in [1.165, 1.54) is 28.7 Å². The maximum absolute atomic E-state index is 13.1. The second kappa shape index (κ2) is 9.73. The van der Waals surface area contributed by atoms with Gasteiger partial charge in [-0.1, -0.05) is 0 Å². The van der Waals surface area contributed by atoms with Gasteiger partial charge in [-0.25, -0.2) is 8.42 Å². The van der Waals surface area contributed by atoms with E-state index in [9.17, 15) is 23.6 Å². The first-order chi connectivity index (χ1) is 14.8. The number of nitrogens with zero attached hydrogens (tertiary/aromatic N) is 3. The number of non-ortho nitro benzene ring substituents is 1. The van der Waals surface area contributed by atoms with Crippen LogP contribution in [0.15, 0.2) is 46.4 Å². The first-order valence-corrected chi connectivity index (χ1v) is 10.9. The van der Waals surface area contributed by atoms with E-state index in [1.54, 1.807) is 19.1 Å². The molecule has 1 aliphatic heterocycles. The molecule has 1 heterocycles. The molecule has 166 valence electrons. The number of nitrogens with one attached hydrogen (secondary N) is 1.